The normalized spacial score (nSPS) is 11.6. The van der Waals surface area contributed by atoms with Gasteiger partial charge >= 0.3 is 12.0 Å². The number of carboxylic acid groups (broad SMARTS) is 1. The Kier molecular flexibility index (Phi) is 5.90. The molecule has 2 N–H and O–H groups in total. The van der Waals surface area contributed by atoms with Crippen molar-refractivity contribution in [3.8, 4) is 0 Å². The molecule has 2 amide bonds. The summed E-state index contributed by atoms with van der Waals surface area (Å²) in [6.45, 7) is 3.41. The molecule has 0 aromatic heterocycles. The zero-order valence-electron chi connectivity index (χ0n) is 12.4. The number of carboxylic acids is 1. The smallest absolute Gasteiger partial charge is 0.321 e. The summed E-state index contributed by atoms with van der Waals surface area (Å²) in [4.78, 5) is 35.6. The average Bonchev–Trinajstić information content (AvgIpc) is 2.46. The Morgan fingerprint density at radius 1 is 1.33 bits per heavy atom. The number of ketones is 1. The maximum absolute atomic E-state index is 12.0. The van der Waals surface area contributed by atoms with Crippen molar-refractivity contribution in [3.63, 3.8) is 0 Å². The number of benzene rings is 1. The van der Waals surface area contributed by atoms with E-state index in [1.54, 1.807) is 31.2 Å². The van der Waals surface area contributed by atoms with Crippen LogP contribution in [-0.2, 0) is 4.79 Å². The molecule has 1 rings (SSSR count). The van der Waals surface area contributed by atoms with Gasteiger partial charge in [0.1, 0.15) is 0 Å². The second-order valence-corrected chi connectivity index (χ2v) is 4.91. The van der Waals surface area contributed by atoms with E-state index in [9.17, 15) is 14.4 Å². The van der Waals surface area contributed by atoms with Crippen LogP contribution in [0.5, 0.6) is 0 Å². The summed E-state index contributed by atoms with van der Waals surface area (Å²) >= 11 is 0. The summed E-state index contributed by atoms with van der Waals surface area (Å²) < 4.78 is 0. The van der Waals surface area contributed by atoms with E-state index in [0.29, 0.717) is 17.7 Å². The van der Waals surface area contributed by atoms with Crippen LogP contribution in [0, 0.1) is 5.92 Å². The number of nitrogens with zero attached hydrogens (tertiary/aromatic N) is 1. The molecule has 1 aromatic carbocycles. The molecule has 0 spiro atoms. The highest BCUT2D eigenvalue weighted by molar-refractivity contribution is 5.98. The highest BCUT2D eigenvalue weighted by Gasteiger charge is 2.17. The van der Waals surface area contributed by atoms with Gasteiger partial charge in [-0.3, -0.25) is 9.59 Å². The molecule has 0 saturated carbocycles. The molecule has 0 aliphatic heterocycles. The molecule has 0 saturated heterocycles. The molecule has 6 heteroatoms. The van der Waals surface area contributed by atoms with Crippen LogP contribution in [0.3, 0.4) is 0 Å². The maximum atomic E-state index is 12.0. The summed E-state index contributed by atoms with van der Waals surface area (Å²) in [5.41, 5.74) is 1.05. The van der Waals surface area contributed by atoms with Gasteiger partial charge in [-0.2, -0.15) is 0 Å². The lowest BCUT2D eigenvalue weighted by Crippen LogP contribution is -2.36. The van der Waals surface area contributed by atoms with Crippen molar-refractivity contribution in [2.24, 2.45) is 5.92 Å². The number of Topliss-reactive ketones (excluding diaryl/α,β-unsaturated/α-hetero) is 1. The third-order valence-electron chi connectivity index (χ3n) is 3.07. The SMILES string of the molecule is CCC(=O)c1cccc(NC(=O)N(C)CC(C)C(=O)O)c1. The first kappa shape index (κ1) is 16.7. The number of carbonyl (C=O) groups excluding carboxylic acids is 2. The van der Waals surface area contributed by atoms with E-state index in [2.05, 4.69) is 5.32 Å². The minimum atomic E-state index is -0.954. The standard InChI is InChI=1S/C15H20N2O4/c1-4-13(18)11-6-5-7-12(8-11)16-15(21)17(3)9-10(2)14(19)20/h5-8,10H,4,9H2,1-3H3,(H,16,21)(H,19,20). The Bertz CT molecular complexity index is 542. The number of nitrogens with one attached hydrogen (secondary N) is 1. The van der Waals surface area contributed by atoms with Gasteiger partial charge in [-0.05, 0) is 12.1 Å². The molecule has 1 aromatic rings. The van der Waals surface area contributed by atoms with Gasteiger partial charge in [-0.25, -0.2) is 4.79 Å². The van der Waals surface area contributed by atoms with Gasteiger partial charge in [0.15, 0.2) is 5.78 Å². The predicted octanol–water partition coefficient (Wildman–Crippen LogP) is 2.46. The third kappa shape index (κ3) is 4.91. The summed E-state index contributed by atoms with van der Waals surface area (Å²) in [5, 5.41) is 11.5. The lowest BCUT2D eigenvalue weighted by molar-refractivity contribution is -0.141. The molecule has 1 atom stereocenters. The van der Waals surface area contributed by atoms with Crippen molar-refractivity contribution >= 4 is 23.5 Å². The van der Waals surface area contributed by atoms with Crippen molar-refractivity contribution in [1.29, 1.82) is 0 Å². The minimum Gasteiger partial charge on any atom is -0.481 e. The molecule has 6 nitrogen and oxygen atoms in total. The second-order valence-electron chi connectivity index (χ2n) is 4.91. The largest absolute Gasteiger partial charge is 0.481 e. The summed E-state index contributed by atoms with van der Waals surface area (Å²) in [6, 6.07) is 6.26. The number of anilines is 1. The second kappa shape index (κ2) is 7.42. The molecule has 0 bridgehead atoms. The predicted molar refractivity (Wildman–Crippen MR) is 79.5 cm³/mol. The van der Waals surface area contributed by atoms with E-state index < -0.39 is 17.9 Å². The van der Waals surface area contributed by atoms with Gasteiger partial charge in [0.25, 0.3) is 0 Å². The van der Waals surface area contributed by atoms with Crippen LogP contribution in [-0.4, -0.2) is 41.4 Å². The first-order valence-corrected chi connectivity index (χ1v) is 6.73. The summed E-state index contributed by atoms with van der Waals surface area (Å²) in [5.74, 6) is -1.60. The van der Waals surface area contributed by atoms with Crippen molar-refractivity contribution in [2.75, 3.05) is 18.9 Å². The van der Waals surface area contributed by atoms with Crippen molar-refractivity contribution in [1.82, 2.24) is 4.90 Å². The quantitative estimate of drug-likeness (QED) is 0.788. The molecule has 0 aliphatic carbocycles. The number of rotatable bonds is 6. The van der Waals surface area contributed by atoms with E-state index in [0.717, 1.165) is 0 Å². The number of hydrogen-bond donors (Lipinski definition) is 2. The van der Waals surface area contributed by atoms with E-state index in [4.69, 9.17) is 5.11 Å². The molecule has 0 radical (unpaired) electrons. The zero-order valence-corrected chi connectivity index (χ0v) is 12.4. The van der Waals surface area contributed by atoms with Crippen LogP contribution in [0.25, 0.3) is 0 Å². The Balaban J connectivity index is 2.70. The van der Waals surface area contributed by atoms with Crippen LogP contribution in [0.1, 0.15) is 30.6 Å². The fourth-order valence-corrected chi connectivity index (χ4v) is 1.77. The molecule has 1 unspecified atom stereocenters. The van der Waals surface area contributed by atoms with Gasteiger partial charge < -0.3 is 15.3 Å². The summed E-state index contributed by atoms with van der Waals surface area (Å²) in [6.07, 6.45) is 0.396. The van der Waals surface area contributed by atoms with Gasteiger partial charge in [0, 0.05) is 31.3 Å². The molecular formula is C15H20N2O4. The van der Waals surface area contributed by atoms with Gasteiger partial charge in [0.05, 0.1) is 5.92 Å². The Morgan fingerprint density at radius 3 is 2.57 bits per heavy atom. The highest BCUT2D eigenvalue weighted by atomic mass is 16.4. The molecule has 0 heterocycles. The van der Waals surface area contributed by atoms with Crippen LogP contribution in [0.4, 0.5) is 10.5 Å². The van der Waals surface area contributed by atoms with Gasteiger partial charge in [0.2, 0.25) is 0 Å². The molecular weight excluding hydrogens is 272 g/mol. The van der Waals surface area contributed by atoms with Gasteiger partial charge in [-0.15, -0.1) is 0 Å². The van der Waals surface area contributed by atoms with Crippen LogP contribution < -0.4 is 5.32 Å². The minimum absolute atomic E-state index is 0.000969. The lowest BCUT2D eigenvalue weighted by Gasteiger charge is -2.20. The van der Waals surface area contributed by atoms with E-state index in [1.165, 1.54) is 18.9 Å². The fourth-order valence-electron chi connectivity index (χ4n) is 1.77. The van der Waals surface area contributed by atoms with E-state index >= 15 is 0 Å². The molecule has 114 valence electrons. The lowest BCUT2D eigenvalue weighted by atomic mass is 10.1. The highest BCUT2D eigenvalue weighted by Crippen LogP contribution is 2.13. The van der Waals surface area contributed by atoms with Crippen molar-refractivity contribution in [2.45, 2.75) is 20.3 Å². The van der Waals surface area contributed by atoms with E-state index in [-0.39, 0.29) is 12.3 Å². The Hall–Kier alpha value is -2.37. The Labute approximate surface area is 123 Å². The molecule has 0 fully saturated rings. The van der Waals surface area contributed by atoms with Crippen molar-refractivity contribution in [3.05, 3.63) is 29.8 Å². The summed E-state index contributed by atoms with van der Waals surface area (Å²) in [7, 11) is 1.52. The zero-order chi connectivity index (χ0) is 16.0. The number of hydrogen-bond acceptors (Lipinski definition) is 3. The number of aliphatic carboxylic acids is 1. The number of carbonyl (C=O) groups is 3. The first-order chi connectivity index (χ1) is 9.85. The first-order valence-electron chi connectivity index (χ1n) is 6.73. The average molecular weight is 292 g/mol. The molecule has 21 heavy (non-hydrogen) atoms. The molecule has 0 aliphatic rings. The van der Waals surface area contributed by atoms with Crippen LogP contribution in [0.2, 0.25) is 0 Å². The number of amides is 2. The van der Waals surface area contributed by atoms with E-state index in [1.807, 2.05) is 0 Å². The van der Waals surface area contributed by atoms with Crippen molar-refractivity contribution < 1.29 is 19.5 Å². The fraction of sp³-hybridized carbons (Fsp3) is 0.400. The monoisotopic (exact) mass is 292 g/mol. The topological polar surface area (TPSA) is 86.7 Å². The third-order valence-corrected chi connectivity index (χ3v) is 3.07. The van der Waals surface area contributed by atoms with Gasteiger partial charge in [-0.1, -0.05) is 26.0 Å². The van der Waals surface area contributed by atoms with Crippen LogP contribution >= 0.6 is 0 Å². The maximum Gasteiger partial charge on any atom is 0.321 e. The Morgan fingerprint density at radius 2 is 2.00 bits per heavy atom. The van der Waals surface area contributed by atoms with Crippen LogP contribution in [0.15, 0.2) is 24.3 Å². The number of urea groups is 1.